The van der Waals surface area contributed by atoms with Crippen molar-refractivity contribution >= 4 is 29.9 Å². The molecular formula is C17H31IN4. The van der Waals surface area contributed by atoms with Crippen molar-refractivity contribution in [3.05, 3.63) is 35.4 Å². The Kier molecular flexibility index (Phi) is 11.3. The van der Waals surface area contributed by atoms with E-state index in [1.165, 1.54) is 11.1 Å². The molecule has 22 heavy (non-hydrogen) atoms. The molecule has 0 radical (unpaired) electrons. The molecule has 0 heterocycles. The van der Waals surface area contributed by atoms with Crippen LogP contribution in [-0.2, 0) is 6.54 Å². The van der Waals surface area contributed by atoms with E-state index in [4.69, 9.17) is 0 Å². The average molecular weight is 418 g/mol. The van der Waals surface area contributed by atoms with Crippen molar-refractivity contribution in [1.82, 2.24) is 15.5 Å². The summed E-state index contributed by atoms with van der Waals surface area (Å²) in [5.74, 6) is 0.857. The number of nitrogens with zero attached hydrogens (tertiary/aromatic N) is 2. The Morgan fingerprint density at radius 2 is 1.91 bits per heavy atom. The number of hydrogen-bond acceptors (Lipinski definition) is 2. The van der Waals surface area contributed by atoms with Crippen LogP contribution in [0.3, 0.4) is 0 Å². The second kappa shape index (κ2) is 11.7. The first kappa shape index (κ1) is 21.2. The van der Waals surface area contributed by atoms with E-state index in [9.17, 15) is 0 Å². The molecule has 4 nitrogen and oxygen atoms in total. The Balaban J connectivity index is 0.00000441. The normalized spacial score (nSPS) is 12.7. The van der Waals surface area contributed by atoms with Gasteiger partial charge in [-0.3, -0.25) is 9.89 Å². The predicted molar refractivity (Wildman–Crippen MR) is 107 cm³/mol. The van der Waals surface area contributed by atoms with Gasteiger partial charge in [0, 0.05) is 26.2 Å². The molecule has 0 aliphatic rings. The van der Waals surface area contributed by atoms with Gasteiger partial charge in [-0.2, -0.15) is 0 Å². The van der Waals surface area contributed by atoms with Crippen LogP contribution in [0.1, 0.15) is 31.9 Å². The molecule has 0 saturated heterocycles. The van der Waals surface area contributed by atoms with Crippen LogP contribution < -0.4 is 10.6 Å². The molecule has 1 aromatic rings. The largest absolute Gasteiger partial charge is 0.355 e. The molecular weight excluding hydrogens is 387 g/mol. The first-order valence-electron chi connectivity index (χ1n) is 7.84. The fourth-order valence-corrected chi connectivity index (χ4v) is 2.45. The highest BCUT2D eigenvalue weighted by molar-refractivity contribution is 14.0. The summed E-state index contributed by atoms with van der Waals surface area (Å²) in [5.41, 5.74) is 2.56. The average Bonchev–Trinajstić information content (AvgIpc) is 2.48. The molecule has 0 spiro atoms. The van der Waals surface area contributed by atoms with Gasteiger partial charge in [-0.1, -0.05) is 43.7 Å². The summed E-state index contributed by atoms with van der Waals surface area (Å²) < 4.78 is 0. The summed E-state index contributed by atoms with van der Waals surface area (Å²) >= 11 is 0. The fourth-order valence-electron chi connectivity index (χ4n) is 2.45. The van der Waals surface area contributed by atoms with Gasteiger partial charge in [-0.25, -0.2) is 0 Å². The second-order valence-corrected chi connectivity index (χ2v) is 5.37. The lowest BCUT2D eigenvalue weighted by Gasteiger charge is -2.27. The third-order valence-corrected chi connectivity index (χ3v) is 3.77. The van der Waals surface area contributed by atoms with Gasteiger partial charge >= 0.3 is 0 Å². The van der Waals surface area contributed by atoms with Crippen LogP contribution in [-0.4, -0.2) is 43.6 Å². The van der Waals surface area contributed by atoms with Crippen molar-refractivity contribution in [2.24, 2.45) is 4.99 Å². The molecule has 5 heteroatoms. The number of hydrogen-bond donors (Lipinski definition) is 2. The van der Waals surface area contributed by atoms with E-state index in [1.54, 1.807) is 0 Å². The third kappa shape index (κ3) is 7.45. The van der Waals surface area contributed by atoms with Crippen molar-refractivity contribution < 1.29 is 0 Å². The molecule has 0 fully saturated rings. The summed E-state index contributed by atoms with van der Waals surface area (Å²) in [7, 11) is 1.81. The minimum atomic E-state index is 0. The van der Waals surface area contributed by atoms with Gasteiger partial charge in [0.05, 0.1) is 0 Å². The SMILES string of the molecule is CCN(CC)C(C)CNC(=NC)NCc1cccc(C)c1.I. The van der Waals surface area contributed by atoms with E-state index >= 15 is 0 Å². The van der Waals surface area contributed by atoms with Crippen LogP contribution in [0.4, 0.5) is 0 Å². The highest BCUT2D eigenvalue weighted by Crippen LogP contribution is 2.03. The topological polar surface area (TPSA) is 39.7 Å². The first-order chi connectivity index (χ1) is 10.1. The molecule has 0 saturated carbocycles. The van der Waals surface area contributed by atoms with Gasteiger partial charge in [0.2, 0.25) is 0 Å². The molecule has 0 bridgehead atoms. The lowest BCUT2D eigenvalue weighted by Crippen LogP contribution is -2.45. The monoisotopic (exact) mass is 418 g/mol. The maximum atomic E-state index is 4.28. The standard InChI is InChI=1S/C17H30N4.HI/c1-6-21(7-2)15(4)12-19-17(18-5)20-13-16-10-8-9-14(3)11-16;/h8-11,15H,6-7,12-13H2,1-5H3,(H2,18,19,20);1H. The molecule has 2 N–H and O–H groups in total. The Bertz CT molecular complexity index is 444. The van der Waals surface area contributed by atoms with E-state index in [0.717, 1.165) is 32.1 Å². The summed E-state index contributed by atoms with van der Waals surface area (Å²) in [5, 5.41) is 6.76. The first-order valence-corrected chi connectivity index (χ1v) is 7.84. The van der Waals surface area contributed by atoms with Crippen LogP contribution in [0.5, 0.6) is 0 Å². The lowest BCUT2D eigenvalue weighted by molar-refractivity contribution is 0.231. The fraction of sp³-hybridized carbons (Fsp3) is 0.588. The maximum Gasteiger partial charge on any atom is 0.191 e. The minimum absolute atomic E-state index is 0. The van der Waals surface area contributed by atoms with Crippen molar-refractivity contribution in [3.63, 3.8) is 0 Å². The highest BCUT2D eigenvalue weighted by atomic mass is 127. The summed E-state index contributed by atoms with van der Waals surface area (Å²) in [4.78, 5) is 6.72. The zero-order valence-electron chi connectivity index (χ0n) is 14.5. The summed E-state index contributed by atoms with van der Waals surface area (Å²) in [6.45, 7) is 12.6. The molecule has 1 atom stereocenters. The summed E-state index contributed by atoms with van der Waals surface area (Å²) in [6.07, 6.45) is 0. The van der Waals surface area contributed by atoms with Gasteiger partial charge in [-0.05, 0) is 32.5 Å². The van der Waals surface area contributed by atoms with Gasteiger partial charge in [-0.15, -0.1) is 24.0 Å². The number of nitrogens with one attached hydrogen (secondary N) is 2. The van der Waals surface area contributed by atoms with E-state index in [0.29, 0.717) is 6.04 Å². The number of likely N-dealkylation sites (N-methyl/N-ethyl adjacent to an activating group) is 1. The zero-order valence-corrected chi connectivity index (χ0v) is 16.8. The number of halogens is 1. The number of aliphatic imine (C=N–C) groups is 1. The molecule has 1 unspecified atom stereocenters. The van der Waals surface area contributed by atoms with Crippen molar-refractivity contribution in [2.45, 2.75) is 40.3 Å². The minimum Gasteiger partial charge on any atom is -0.355 e. The maximum absolute atomic E-state index is 4.28. The van der Waals surface area contributed by atoms with E-state index < -0.39 is 0 Å². The molecule has 0 aliphatic heterocycles. The smallest absolute Gasteiger partial charge is 0.191 e. The Morgan fingerprint density at radius 3 is 2.45 bits per heavy atom. The zero-order chi connectivity index (χ0) is 15.7. The molecule has 0 aromatic heterocycles. The lowest BCUT2D eigenvalue weighted by atomic mass is 10.1. The van der Waals surface area contributed by atoms with E-state index in [1.807, 2.05) is 7.05 Å². The second-order valence-electron chi connectivity index (χ2n) is 5.37. The van der Waals surface area contributed by atoms with Crippen LogP contribution >= 0.6 is 24.0 Å². The molecule has 0 amide bonds. The number of benzene rings is 1. The third-order valence-electron chi connectivity index (χ3n) is 3.77. The Hall–Kier alpha value is -0.820. The van der Waals surface area contributed by atoms with Crippen LogP contribution in [0.2, 0.25) is 0 Å². The van der Waals surface area contributed by atoms with Crippen molar-refractivity contribution in [1.29, 1.82) is 0 Å². The van der Waals surface area contributed by atoms with Gasteiger partial charge in [0.1, 0.15) is 0 Å². The molecule has 0 aliphatic carbocycles. The number of aryl methyl sites for hydroxylation is 1. The molecule has 1 rings (SSSR count). The highest BCUT2D eigenvalue weighted by Gasteiger charge is 2.10. The number of rotatable bonds is 7. The van der Waals surface area contributed by atoms with Crippen molar-refractivity contribution in [2.75, 3.05) is 26.7 Å². The molecule has 126 valence electrons. The van der Waals surface area contributed by atoms with Gasteiger partial charge < -0.3 is 10.6 Å². The van der Waals surface area contributed by atoms with Crippen LogP contribution in [0.15, 0.2) is 29.3 Å². The van der Waals surface area contributed by atoms with Gasteiger partial charge in [0.15, 0.2) is 5.96 Å². The number of guanidine groups is 1. The predicted octanol–water partition coefficient (Wildman–Crippen LogP) is 3.01. The van der Waals surface area contributed by atoms with E-state index in [-0.39, 0.29) is 24.0 Å². The summed E-state index contributed by atoms with van der Waals surface area (Å²) in [6, 6.07) is 9.02. The van der Waals surface area contributed by atoms with Crippen molar-refractivity contribution in [3.8, 4) is 0 Å². The van der Waals surface area contributed by atoms with Crippen LogP contribution in [0, 0.1) is 6.92 Å². The Labute approximate surface area is 152 Å². The Morgan fingerprint density at radius 1 is 1.23 bits per heavy atom. The van der Waals surface area contributed by atoms with Crippen LogP contribution in [0.25, 0.3) is 0 Å². The van der Waals surface area contributed by atoms with Gasteiger partial charge in [0.25, 0.3) is 0 Å². The quantitative estimate of drug-likeness (QED) is 0.406. The van der Waals surface area contributed by atoms with E-state index in [2.05, 4.69) is 72.5 Å². The molecule has 1 aromatic carbocycles.